The van der Waals surface area contributed by atoms with E-state index in [1.165, 1.54) is 0 Å². The van der Waals surface area contributed by atoms with Crippen LogP contribution in [-0.4, -0.2) is 88.6 Å². The van der Waals surface area contributed by atoms with E-state index in [-0.39, 0.29) is 57.8 Å². The Morgan fingerprint density at radius 3 is 0.467 bits per heavy atom. The lowest BCUT2D eigenvalue weighted by molar-refractivity contribution is -0.140. The molecule has 0 heterocycles. The van der Waals surface area contributed by atoms with Crippen LogP contribution in [0.3, 0.4) is 0 Å². The minimum atomic E-state index is -0.948. The Morgan fingerprint density at radius 1 is 0.200 bits per heavy atom. The van der Waals surface area contributed by atoms with E-state index in [0.29, 0.717) is 25.7 Å². The Morgan fingerprint density at radius 2 is 0.311 bits per heavy atom. The molecule has 0 atom stereocenters. The molecule has 0 saturated carbocycles. The molecule has 0 unspecified atom stereocenters. The second-order valence-corrected chi connectivity index (χ2v) is 9.75. The van der Waals surface area contributed by atoms with Crippen molar-refractivity contribution in [3.8, 4) is 0 Å². The normalized spacial score (nSPS) is 9.51. The summed E-state index contributed by atoms with van der Waals surface area (Å²) >= 11 is 0. The minimum Gasteiger partial charge on any atom is -0.481 e. The maximum absolute atomic E-state index is 10.1. The van der Waals surface area contributed by atoms with Crippen LogP contribution in [-0.2, 0) is 38.4 Å². The van der Waals surface area contributed by atoms with E-state index in [1.54, 1.807) is 0 Å². The quantitative estimate of drug-likeness (QED) is 0.0612. The second kappa shape index (κ2) is 36.0. The molecule has 0 aromatic rings. The number of unbranched alkanes of at least 4 members (excludes halogenated alkanes) is 9. The van der Waals surface area contributed by atoms with Gasteiger partial charge in [0, 0.05) is 51.4 Å². The van der Waals surface area contributed by atoms with Crippen LogP contribution in [0, 0.1) is 0 Å². The highest BCUT2D eigenvalue weighted by Crippen LogP contribution is 2.08. The molecule has 0 aliphatic rings. The number of aliphatic carboxylic acids is 8. The van der Waals surface area contributed by atoms with Crippen molar-refractivity contribution in [2.75, 3.05) is 0 Å². The first-order valence-electron chi connectivity index (χ1n) is 14.8. The van der Waals surface area contributed by atoms with Gasteiger partial charge in [0.15, 0.2) is 0 Å². The standard InChI is InChI=1S/C10H18O4.C8H14O4.C6H10O4.C5H8O4/c11-9(12)7-5-3-1-2-4-6-8-10(13)14;9-7(10)5-3-1-2-4-6-8(11)12;7-5(8)3-1-2-4-6(9)10;6-4(7)2-1-3-5(8)9/h1-8H2,(H,11,12)(H,13,14);1-6H2,(H,9,10)(H,11,12);1-4H2,(H,7,8)(H,9,10);1-3H2,(H,6,7)(H,8,9). The molecule has 16 heteroatoms. The second-order valence-electron chi connectivity index (χ2n) is 9.75. The monoisotopic (exact) mass is 654 g/mol. The van der Waals surface area contributed by atoms with E-state index in [0.717, 1.165) is 51.4 Å². The summed E-state index contributed by atoms with van der Waals surface area (Å²) in [4.78, 5) is 79.7. The third kappa shape index (κ3) is 68.5. The smallest absolute Gasteiger partial charge is 0.303 e. The Bertz CT molecular complexity index is 785. The lowest BCUT2D eigenvalue weighted by Crippen LogP contribution is -1.98. The fourth-order valence-corrected chi connectivity index (χ4v) is 3.11. The van der Waals surface area contributed by atoms with Gasteiger partial charge in [-0.25, -0.2) is 0 Å². The molecule has 0 spiro atoms. The first-order valence-corrected chi connectivity index (χ1v) is 14.8. The van der Waals surface area contributed by atoms with Gasteiger partial charge in [0.05, 0.1) is 0 Å². The molecule has 8 N–H and O–H groups in total. The van der Waals surface area contributed by atoms with Crippen LogP contribution in [0.15, 0.2) is 0 Å². The Kier molecular flexibility index (Phi) is 38.1. The van der Waals surface area contributed by atoms with Crippen LogP contribution >= 0.6 is 0 Å². The van der Waals surface area contributed by atoms with Gasteiger partial charge < -0.3 is 40.9 Å². The SMILES string of the molecule is O=C(O)CCCC(=O)O.O=C(O)CCCCC(=O)O.O=C(O)CCCCCCC(=O)O.O=C(O)CCCCCCCCC(=O)O. The fraction of sp³-hybridized carbons (Fsp3) is 0.724. The topological polar surface area (TPSA) is 298 Å². The van der Waals surface area contributed by atoms with Gasteiger partial charge in [0.25, 0.3) is 0 Å². The van der Waals surface area contributed by atoms with E-state index in [1.807, 2.05) is 0 Å². The summed E-state index contributed by atoms with van der Waals surface area (Å²) in [7, 11) is 0. The molecule has 0 amide bonds. The zero-order valence-corrected chi connectivity index (χ0v) is 25.7. The molecule has 0 bridgehead atoms. The maximum Gasteiger partial charge on any atom is 0.303 e. The van der Waals surface area contributed by atoms with Crippen LogP contribution in [0.5, 0.6) is 0 Å². The molecule has 16 nitrogen and oxygen atoms in total. The Balaban J connectivity index is -0.000000253. The van der Waals surface area contributed by atoms with Crippen molar-refractivity contribution in [3.63, 3.8) is 0 Å². The molecule has 262 valence electrons. The predicted octanol–water partition coefficient (Wildman–Crippen LogP) is 4.81. The predicted molar refractivity (Wildman–Crippen MR) is 158 cm³/mol. The first kappa shape index (κ1) is 47.7. The number of carboxylic acid groups (broad SMARTS) is 8. The van der Waals surface area contributed by atoms with Gasteiger partial charge in [0.2, 0.25) is 0 Å². The zero-order valence-electron chi connectivity index (χ0n) is 25.7. The van der Waals surface area contributed by atoms with Crippen LogP contribution in [0.2, 0.25) is 0 Å². The summed E-state index contributed by atoms with van der Waals surface area (Å²) in [6.07, 6.45) is 10.2. The zero-order chi connectivity index (χ0) is 35.5. The molecule has 0 aliphatic heterocycles. The van der Waals surface area contributed by atoms with Gasteiger partial charge >= 0.3 is 47.8 Å². The highest BCUT2D eigenvalue weighted by molar-refractivity contribution is 5.70. The molecular formula is C29H50O16. The average molecular weight is 655 g/mol. The van der Waals surface area contributed by atoms with Crippen molar-refractivity contribution in [2.24, 2.45) is 0 Å². The van der Waals surface area contributed by atoms with Gasteiger partial charge in [-0.2, -0.15) is 0 Å². The van der Waals surface area contributed by atoms with E-state index < -0.39 is 47.8 Å². The first-order chi connectivity index (χ1) is 21.0. The molecule has 0 radical (unpaired) electrons. The molecule has 0 aromatic heterocycles. The van der Waals surface area contributed by atoms with Crippen LogP contribution in [0.1, 0.15) is 135 Å². The van der Waals surface area contributed by atoms with Gasteiger partial charge in [0.1, 0.15) is 0 Å². The molecular weight excluding hydrogens is 604 g/mol. The molecule has 0 rings (SSSR count). The van der Waals surface area contributed by atoms with Crippen molar-refractivity contribution in [3.05, 3.63) is 0 Å². The fourth-order valence-electron chi connectivity index (χ4n) is 3.11. The van der Waals surface area contributed by atoms with E-state index in [4.69, 9.17) is 40.9 Å². The van der Waals surface area contributed by atoms with Crippen molar-refractivity contribution in [1.29, 1.82) is 0 Å². The summed E-state index contributed by atoms with van der Waals surface area (Å²) in [6.45, 7) is 0. The van der Waals surface area contributed by atoms with Gasteiger partial charge in [-0.05, 0) is 44.9 Å². The van der Waals surface area contributed by atoms with Gasteiger partial charge in [-0.15, -0.1) is 0 Å². The minimum absolute atomic E-state index is 0.0628. The maximum atomic E-state index is 10.1. The molecule has 0 aromatic carbocycles. The number of carboxylic acids is 8. The lowest BCUT2D eigenvalue weighted by Gasteiger charge is -1.98. The van der Waals surface area contributed by atoms with Crippen molar-refractivity contribution >= 4 is 47.8 Å². The van der Waals surface area contributed by atoms with Gasteiger partial charge in [-0.1, -0.05) is 38.5 Å². The van der Waals surface area contributed by atoms with Crippen LogP contribution < -0.4 is 0 Å². The van der Waals surface area contributed by atoms with E-state index >= 15 is 0 Å². The van der Waals surface area contributed by atoms with E-state index in [2.05, 4.69) is 0 Å². The summed E-state index contributed by atoms with van der Waals surface area (Å²) in [6, 6.07) is 0. The molecule has 0 fully saturated rings. The third-order valence-electron chi connectivity index (χ3n) is 5.38. The Hall–Kier alpha value is -4.24. The van der Waals surface area contributed by atoms with Crippen LogP contribution in [0.4, 0.5) is 0 Å². The lowest BCUT2D eigenvalue weighted by atomic mass is 10.1. The van der Waals surface area contributed by atoms with Crippen molar-refractivity contribution in [2.45, 2.75) is 135 Å². The average Bonchev–Trinajstić information content (AvgIpc) is 2.90. The number of hydrogen-bond acceptors (Lipinski definition) is 8. The van der Waals surface area contributed by atoms with Crippen LogP contribution in [0.25, 0.3) is 0 Å². The highest BCUT2D eigenvalue weighted by Gasteiger charge is 2.01. The van der Waals surface area contributed by atoms with E-state index in [9.17, 15) is 38.4 Å². The van der Waals surface area contributed by atoms with Crippen molar-refractivity contribution in [1.82, 2.24) is 0 Å². The largest absolute Gasteiger partial charge is 0.481 e. The number of rotatable bonds is 25. The number of carbonyl (C=O) groups is 8. The van der Waals surface area contributed by atoms with Crippen molar-refractivity contribution < 1.29 is 79.2 Å². The Labute approximate surface area is 262 Å². The molecule has 45 heavy (non-hydrogen) atoms. The summed E-state index contributed by atoms with van der Waals surface area (Å²) in [5.74, 6) is -6.68. The molecule has 0 aliphatic carbocycles. The molecule has 0 saturated heterocycles. The summed E-state index contributed by atoms with van der Waals surface area (Å²) in [5, 5.41) is 65.6. The number of hydrogen-bond donors (Lipinski definition) is 8. The third-order valence-corrected chi connectivity index (χ3v) is 5.38. The highest BCUT2D eigenvalue weighted by atomic mass is 16.4. The van der Waals surface area contributed by atoms with Gasteiger partial charge in [-0.3, -0.25) is 38.4 Å². The summed E-state index contributed by atoms with van der Waals surface area (Å²) in [5.41, 5.74) is 0. The summed E-state index contributed by atoms with van der Waals surface area (Å²) < 4.78 is 0.